The van der Waals surface area contributed by atoms with Crippen molar-refractivity contribution in [2.24, 2.45) is 0 Å². The standard InChI is InChI=1S/C18H26N2O/c1-14-17(16-8-3-4-9-18(16)21-14)13-20-12-6-5-7-15(20)10-11-19-2/h3-4,8-9,15,19H,5-7,10-13H2,1-2H3. The molecule has 1 aromatic heterocycles. The molecule has 1 fully saturated rings. The quantitative estimate of drug-likeness (QED) is 0.908. The van der Waals surface area contributed by atoms with Gasteiger partial charge in [0.05, 0.1) is 0 Å². The fraction of sp³-hybridized carbons (Fsp3) is 0.556. The average molecular weight is 286 g/mol. The maximum absolute atomic E-state index is 5.92. The number of para-hydroxylation sites is 1. The van der Waals surface area contributed by atoms with Crippen LogP contribution in [-0.2, 0) is 6.54 Å². The smallest absolute Gasteiger partial charge is 0.134 e. The van der Waals surface area contributed by atoms with E-state index >= 15 is 0 Å². The zero-order chi connectivity index (χ0) is 14.7. The molecule has 1 atom stereocenters. The van der Waals surface area contributed by atoms with Crippen molar-refractivity contribution < 1.29 is 4.42 Å². The van der Waals surface area contributed by atoms with Crippen LogP contribution in [0.5, 0.6) is 0 Å². The van der Waals surface area contributed by atoms with E-state index in [4.69, 9.17) is 4.42 Å². The van der Waals surface area contributed by atoms with Gasteiger partial charge < -0.3 is 9.73 Å². The van der Waals surface area contributed by atoms with Crippen LogP contribution in [0.2, 0.25) is 0 Å². The number of nitrogens with one attached hydrogen (secondary N) is 1. The number of likely N-dealkylation sites (tertiary alicyclic amines) is 1. The minimum Gasteiger partial charge on any atom is -0.461 e. The molecule has 0 radical (unpaired) electrons. The van der Waals surface area contributed by atoms with Gasteiger partial charge in [0.1, 0.15) is 11.3 Å². The van der Waals surface area contributed by atoms with E-state index in [1.807, 2.05) is 13.1 Å². The van der Waals surface area contributed by atoms with Crippen LogP contribution >= 0.6 is 0 Å². The second-order valence-electron chi connectivity index (χ2n) is 6.15. The summed E-state index contributed by atoms with van der Waals surface area (Å²) >= 11 is 0. The summed E-state index contributed by atoms with van der Waals surface area (Å²) in [5, 5.41) is 4.58. The Labute approximate surface area is 127 Å². The number of nitrogens with zero attached hydrogens (tertiary/aromatic N) is 1. The molecule has 0 spiro atoms. The molecule has 3 rings (SSSR count). The molecule has 1 saturated heterocycles. The lowest BCUT2D eigenvalue weighted by molar-refractivity contribution is 0.132. The van der Waals surface area contributed by atoms with Gasteiger partial charge in [-0.2, -0.15) is 0 Å². The van der Waals surface area contributed by atoms with E-state index in [0.717, 1.165) is 24.4 Å². The van der Waals surface area contributed by atoms with Crippen molar-refractivity contribution in [3.63, 3.8) is 0 Å². The third-order valence-corrected chi connectivity index (χ3v) is 4.74. The topological polar surface area (TPSA) is 28.4 Å². The van der Waals surface area contributed by atoms with E-state index in [2.05, 4.69) is 35.3 Å². The summed E-state index contributed by atoms with van der Waals surface area (Å²) in [6, 6.07) is 9.12. The molecule has 0 saturated carbocycles. The van der Waals surface area contributed by atoms with Gasteiger partial charge in [0.2, 0.25) is 0 Å². The summed E-state index contributed by atoms with van der Waals surface area (Å²) < 4.78 is 5.92. The Balaban J connectivity index is 1.81. The number of aryl methyl sites for hydroxylation is 1. The summed E-state index contributed by atoms with van der Waals surface area (Å²) in [5.74, 6) is 1.08. The summed E-state index contributed by atoms with van der Waals surface area (Å²) in [7, 11) is 2.04. The first kappa shape index (κ1) is 14.6. The first-order valence-corrected chi connectivity index (χ1v) is 8.15. The van der Waals surface area contributed by atoms with Crippen LogP contribution in [0.3, 0.4) is 0 Å². The van der Waals surface area contributed by atoms with Crippen LogP contribution in [0.1, 0.15) is 37.0 Å². The normalized spacial score (nSPS) is 20.2. The highest BCUT2D eigenvalue weighted by Crippen LogP contribution is 2.29. The van der Waals surface area contributed by atoms with E-state index in [-0.39, 0.29) is 0 Å². The zero-order valence-corrected chi connectivity index (χ0v) is 13.2. The maximum atomic E-state index is 5.92. The number of hydrogen-bond donors (Lipinski definition) is 1. The second-order valence-corrected chi connectivity index (χ2v) is 6.15. The third-order valence-electron chi connectivity index (χ3n) is 4.74. The lowest BCUT2D eigenvalue weighted by Crippen LogP contribution is -2.40. The van der Waals surface area contributed by atoms with Crippen molar-refractivity contribution in [2.45, 2.75) is 45.2 Å². The molecule has 2 heterocycles. The lowest BCUT2D eigenvalue weighted by atomic mass is 9.98. The molecule has 3 heteroatoms. The highest BCUT2D eigenvalue weighted by molar-refractivity contribution is 5.82. The van der Waals surface area contributed by atoms with Crippen molar-refractivity contribution >= 4 is 11.0 Å². The Bertz CT molecular complexity index is 590. The largest absolute Gasteiger partial charge is 0.461 e. The first-order valence-electron chi connectivity index (χ1n) is 8.15. The van der Waals surface area contributed by atoms with Gasteiger partial charge in [0.15, 0.2) is 0 Å². The molecule has 21 heavy (non-hydrogen) atoms. The van der Waals surface area contributed by atoms with Crippen LogP contribution < -0.4 is 5.32 Å². The molecule has 1 aromatic carbocycles. The van der Waals surface area contributed by atoms with Crippen LogP contribution in [-0.4, -0.2) is 31.1 Å². The maximum Gasteiger partial charge on any atom is 0.134 e. The molecular formula is C18H26N2O. The molecule has 1 aliphatic heterocycles. The highest BCUT2D eigenvalue weighted by atomic mass is 16.3. The van der Waals surface area contributed by atoms with Gasteiger partial charge in [0, 0.05) is 23.5 Å². The van der Waals surface area contributed by atoms with Crippen molar-refractivity contribution in [1.82, 2.24) is 10.2 Å². The fourth-order valence-corrected chi connectivity index (χ4v) is 3.53. The minimum absolute atomic E-state index is 0.708. The number of benzene rings is 1. The molecule has 3 nitrogen and oxygen atoms in total. The van der Waals surface area contributed by atoms with Crippen LogP contribution in [0.15, 0.2) is 28.7 Å². The van der Waals surface area contributed by atoms with Gasteiger partial charge in [-0.25, -0.2) is 0 Å². The molecule has 0 bridgehead atoms. The molecule has 0 amide bonds. The highest BCUT2D eigenvalue weighted by Gasteiger charge is 2.24. The predicted octanol–water partition coefficient (Wildman–Crippen LogP) is 3.71. The summed E-state index contributed by atoms with van der Waals surface area (Å²) in [6.45, 7) is 5.44. The zero-order valence-electron chi connectivity index (χ0n) is 13.2. The van der Waals surface area contributed by atoms with E-state index in [0.29, 0.717) is 6.04 Å². The van der Waals surface area contributed by atoms with E-state index < -0.39 is 0 Å². The van der Waals surface area contributed by atoms with Gasteiger partial charge in [-0.1, -0.05) is 24.6 Å². The summed E-state index contributed by atoms with van der Waals surface area (Å²) in [4.78, 5) is 2.66. The summed E-state index contributed by atoms with van der Waals surface area (Å²) in [5.41, 5.74) is 2.40. The molecule has 0 aliphatic carbocycles. The molecule has 1 aliphatic rings. The van der Waals surface area contributed by atoms with E-state index in [9.17, 15) is 0 Å². The first-order chi connectivity index (χ1) is 10.3. The van der Waals surface area contributed by atoms with E-state index in [1.54, 1.807) is 0 Å². The van der Waals surface area contributed by atoms with Crippen molar-refractivity contribution in [3.05, 3.63) is 35.6 Å². The second kappa shape index (κ2) is 6.63. The van der Waals surface area contributed by atoms with Crippen molar-refractivity contribution in [2.75, 3.05) is 20.1 Å². The van der Waals surface area contributed by atoms with Gasteiger partial charge in [0.25, 0.3) is 0 Å². The van der Waals surface area contributed by atoms with Crippen LogP contribution in [0, 0.1) is 6.92 Å². The molecule has 114 valence electrons. The fourth-order valence-electron chi connectivity index (χ4n) is 3.53. The molecule has 2 aromatic rings. The SMILES string of the molecule is CNCCC1CCCCN1Cc1c(C)oc2ccccc12. The third kappa shape index (κ3) is 3.14. The van der Waals surface area contributed by atoms with Crippen LogP contribution in [0.4, 0.5) is 0 Å². The number of fused-ring (bicyclic) bond motifs is 1. The summed E-state index contributed by atoms with van der Waals surface area (Å²) in [6.07, 6.45) is 5.27. The van der Waals surface area contributed by atoms with Crippen molar-refractivity contribution in [1.29, 1.82) is 0 Å². The lowest BCUT2D eigenvalue weighted by Gasteiger charge is -2.35. The Morgan fingerprint density at radius 2 is 2.14 bits per heavy atom. The van der Waals surface area contributed by atoms with E-state index in [1.165, 1.54) is 43.2 Å². The van der Waals surface area contributed by atoms with Crippen molar-refractivity contribution in [3.8, 4) is 0 Å². The number of piperidine rings is 1. The predicted molar refractivity (Wildman–Crippen MR) is 87.5 cm³/mol. The average Bonchev–Trinajstić information content (AvgIpc) is 2.82. The molecule has 1 unspecified atom stereocenters. The van der Waals surface area contributed by atoms with Gasteiger partial charge in [-0.3, -0.25) is 4.90 Å². The Morgan fingerprint density at radius 3 is 3.00 bits per heavy atom. The number of rotatable bonds is 5. The number of hydrogen-bond acceptors (Lipinski definition) is 3. The molecule has 1 N–H and O–H groups in total. The van der Waals surface area contributed by atoms with Gasteiger partial charge >= 0.3 is 0 Å². The Morgan fingerprint density at radius 1 is 1.29 bits per heavy atom. The minimum atomic E-state index is 0.708. The Hall–Kier alpha value is -1.32. The number of furan rings is 1. The Kier molecular flexibility index (Phi) is 4.61. The molecular weight excluding hydrogens is 260 g/mol. The van der Waals surface area contributed by atoms with Gasteiger partial charge in [-0.05, 0) is 52.4 Å². The van der Waals surface area contributed by atoms with Gasteiger partial charge in [-0.15, -0.1) is 0 Å². The monoisotopic (exact) mass is 286 g/mol. The van der Waals surface area contributed by atoms with Crippen LogP contribution in [0.25, 0.3) is 11.0 Å².